The molecule has 0 aromatic rings. The first-order valence-electron chi connectivity index (χ1n) is 10.4. The van der Waals surface area contributed by atoms with Crippen molar-refractivity contribution >= 4 is 17.7 Å². The van der Waals surface area contributed by atoms with Gasteiger partial charge in [0.05, 0.1) is 24.5 Å². The highest BCUT2D eigenvalue weighted by atomic mass is 16.7. The first kappa shape index (κ1) is 19.5. The third kappa shape index (κ3) is 2.03. The van der Waals surface area contributed by atoms with E-state index in [9.17, 15) is 19.5 Å². The van der Waals surface area contributed by atoms with Crippen LogP contribution in [0, 0.1) is 28.6 Å². The Kier molecular flexibility index (Phi) is 3.89. The van der Waals surface area contributed by atoms with Crippen LogP contribution in [0.5, 0.6) is 0 Å². The summed E-state index contributed by atoms with van der Waals surface area (Å²) in [6.07, 6.45) is 2.00. The van der Waals surface area contributed by atoms with Crippen molar-refractivity contribution in [2.24, 2.45) is 28.6 Å². The maximum Gasteiger partial charge on any atom is 0.315 e. The average molecular weight is 408 g/mol. The molecule has 4 bridgehead atoms. The Morgan fingerprint density at radius 3 is 2.69 bits per heavy atom. The summed E-state index contributed by atoms with van der Waals surface area (Å²) in [5.74, 6) is -2.29. The van der Waals surface area contributed by atoms with Crippen LogP contribution in [0.1, 0.15) is 45.4 Å². The summed E-state index contributed by atoms with van der Waals surface area (Å²) >= 11 is 0. The summed E-state index contributed by atoms with van der Waals surface area (Å²) in [5, 5.41) is 10.9. The fourth-order valence-electron chi connectivity index (χ4n) is 7.98. The predicted molar refractivity (Wildman–Crippen MR) is 96.3 cm³/mol. The van der Waals surface area contributed by atoms with Gasteiger partial charge in [0.2, 0.25) is 0 Å². The molecule has 5 aliphatic rings. The highest BCUT2D eigenvalue weighted by Gasteiger charge is 2.85. The number of Topliss-reactive ketones (excluding diaryl/α,β-unsaturated/α-hetero) is 1. The normalized spacial score (nSPS) is 52.1. The van der Waals surface area contributed by atoms with E-state index in [2.05, 4.69) is 0 Å². The SMILES string of the molecule is COCO[C@H]1CC[C@]23OC(=O)[C@@]1(C)[C@H]2[C@H](C(=O)OC)[C@@]12CC(=O)[C@@](O)(CC[C@H]13)C2. The number of esters is 2. The Balaban J connectivity index is 1.68. The lowest BCUT2D eigenvalue weighted by Gasteiger charge is -2.45. The molecule has 1 aliphatic heterocycles. The van der Waals surface area contributed by atoms with Crippen LogP contribution in [-0.4, -0.2) is 61.1 Å². The van der Waals surface area contributed by atoms with Gasteiger partial charge in [-0.2, -0.15) is 0 Å². The molecule has 8 nitrogen and oxygen atoms in total. The Labute approximate surface area is 169 Å². The lowest BCUT2D eigenvalue weighted by atomic mass is 9.59. The molecule has 1 heterocycles. The molecule has 8 heteroatoms. The molecule has 29 heavy (non-hydrogen) atoms. The summed E-state index contributed by atoms with van der Waals surface area (Å²) in [5.41, 5.74) is -3.97. The molecule has 1 saturated heterocycles. The number of aliphatic hydroxyl groups is 1. The van der Waals surface area contributed by atoms with Gasteiger partial charge < -0.3 is 24.1 Å². The average Bonchev–Trinajstić information content (AvgIpc) is 3.10. The Hall–Kier alpha value is -1.51. The summed E-state index contributed by atoms with van der Waals surface area (Å²) in [4.78, 5) is 39.1. The molecule has 1 N–H and O–H groups in total. The molecule has 5 fully saturated rings. The molecule has 1 spiro atoms. The number of hydrogen-bond donors (Lipinski definition) is 1. The van der Waals surface area contributed by atoms with E-state index in [0.717, 1.165) is 0 Å². The van der Waals surface area contributed by atoms with Gasteiger partial charge in [0.15, 0.2) is 5.78 Å². The standard InChI is InChI=1S/C21H28O8/c1-18-13(28-10-26-2)5-7-21(29-17(18)24)11-4-6-20(25)9-19(11,8-12(20)22)14(15(18)21)16(23)27-3/h11,13-15,25H,4-10H2,1-3H3/t11-,13+,14-,15-,18-,19-,20-,21-/m1/s1. The maximum atomic E-state index is 13.2. The quantitative estimate of drug-likeness (QED) is 0.542. The molecule has 0 aromatic carbocycles. The minimum atomic E-state index is -1.39. The van der Waals surface area contributed by atoms with Crippen LogP contribution >= 0.6 is 0 Å². The minimum Gasteiger partial charge on any atom is -0.469 e. The van der Waals surface area contributed by atoms with Crippen molar-refractivity contribution in [2.45, 2.75) is 62.8 Å². The number of fused-ring (bicyclic) bond motifs is 1. The molecule has 0 unspecified atom stereocenters. The van der Waals surface area contributed by atoms with Crippen LogP contribution in [0.3, 0.4) is 0 Å². The molecule has 0 aromatic heterocycles. The zero-order chi connectivity index (χ0) is 20.8. The second-order valence-corrected chi connectivity index (χ2v) is 9.84. The lowest BCUT2D eigenvalue weighted by Crippen LogP contribution is -2.54. The van der Waals surface area contributed by atoms with E-state index < -0.39 is 45.9 Å². The van der Waals surface area contributed by atoms with Gasteiger partial charge >= 0.3 is 11.9 Å². The Morgan fingerprint density at radius 1 is 1.24 bits per heavy atom. The van der Waals surface area contributed by atoms with Crippen molar-refractivity contribution in [1.29, 1.82) is 0 Å². The van der Waals surface area contributed by atoms with Crippen LogP contribution in [-0.2, 0) is 33.3 Å². The van der Waals surface area contributed by atoms with Gasteiger partial charge in [0.1, 0.15) is 18.0 Å². The van der Waals surface area contributed by atoms with Crippen molar-refractivity contribution in [2.75, 3.05) is 21.0 Å². The smallest absolute Gasteiger partial charge is 0.315 e. The zero-order valence-corrected chi connectivity index (χ0v) is 17.1. The summed E-state index contributed by atoms with van der Waals surface area (Å²) in [6.45, 7) is 1.86. The van der Waals surface area contributed by atoms with Crippen molar-refractivity contribution in [3.8, 4) is 0 Å². The third-order valence-corrected chi connectivity index (χ3v) is 8.92. The van der Waals surface area contributed by atoms with Gasteiger partial charge in [-0.1, -0.05) is 0 Å². The van der Waals surface area contributed by atoms with Crippen LogP contribution < -0.4 is 0 Å². The number of carbonyl (C=O) groups excluding carboxylic acids is 3. The number of carbonyl (C=O) groups is 3. The molecule has 5 rings (SSSR count). The Morgan fingerprint density at radius 2 is 2.00 bits per heavy atom. The lowest BCUT2D eigenvalue weighted by molar-refractivity contribution is -0.172. The van der Waals surface area contributed by atoms with E-state index in [1.165, 1.54) is 14.2 Å². The van der Waals surface area contributed by atoms with Gasteiger partial charge in [-0.3, -0.25) is 14.4 Å². The van der Waals surface area contributed by atoms with Crippen LogP contribution in [0.4, 0.5) is 0 Å². The van der Waals surface area contributed by atoms with Crippen LogP contribution in [0.2, 0.25) is 0 Å². The third-order valence-electron chi connectivity index (χ3n) is 8.92. The Bertz CT molecular complexity index is 796. The first-order valence-corrected chi connectivity index (χ1v) is 10.4. The van der Waals surface area contributed by atoms with E-state index >= 15 is 0 Å². The predicted octanol–water partition coefficient (Wildman–Crippen LogP) is 0.981. The zero-order valence-electron chi connectivity index (χ0n) is 17.1. The summed E-state index contributed by atoms with van der Waals surface area (Å²) in [6, 6.07) is 0. The molecule has 160 valence electrons. The number of rotatable bonds is 4. The van der Waals surface area contributed by atoms with Gasteiger partial charge in [0, 0.05) is 30.8 Å². The van der Waals surface area contributed by atoms with E-state index in [-0.39, 0.29) is 37.3 Å². The first-order chi connectivity index (χ1) is 13.7. The van der Waals surface area contributed by atoms with Crippen molar-refractivity contribution in [1.82, 2.24) is 0 Å². The second kappa shape index (κ2) is 5.80. The summed E-state index contributed by atoms with van der Waals surface area (Å²) < 4.78 is 22.3. The molecule has 0 radical (unpaired) electrons. The molecule has 0 amide bonds. The number of methoxy groups -OCH3 is 2. The van der Waals surface area contributed by atoms with Gasteiger partial charge in [0.25, 0.3) is 0 Å². The topological polar surface area (TPSA) is 108 Å². The molecule has 4 saturated carbocycles. The summed E-state index contributed by atoms with van der Waals surface area (Å²) in [7, 11) is 2.85. The van der Waals surface area contributed by atoms with Crippen molar-refractivity contribution in [3.05, 3.63) is 0 Å². The van der Waals surface area contributed by atoms with E-state index in [0.29, 0.717) is 25.7 Å². The number of ether oxygens (including phenoxy) is 4. The fourth-order valence-corrected chi connectivity index (χ4v) is 7.98. The molecular formula is C21H28O8. The second-order valence-electron chi connectivity index (χ2n) is 9.84. The number of hydrogen-bond acceptors (Lipinski definition) is 8. The van der Waals surface area contributed by atoms with Crippen molar-refractivity contribution in [3.63, 3.8) is 0 Å². The van der Waals surface area contributed by atoms with E-state index in [1.807, 2.05) is 6.92 Å². The van der Waals surface area contributed by atoms with Gasteiger partial charge in [-0.05, 0) is 39.0 Å². The molecular weight excluding hydrogens is 380 g/mol. The highest BCUT2D eigenvalue weighted by molar-refractivity contribution is 5.93. The van der Waals surface area contributed by atoms with E-state index in [4.69, 9.17) is 18.9 Å². The number of ketones is 1. The monoisotopic (exact) mass is 408 g/mol. The van der Waals surface area contributed by atoms with Gasteiger partial charge in [-0.25, -0.2) is 0 Å². The van der Waals surface area contributed by atoms with Crippen LogP contribution in [0.25, 0.3) is 0 Å². The molecule has 8 atom stereocenters. The maximum absolute atomic E-state index is 13.2. The fraction of sp³-hybridized carbons (Fsp3) is 0.857. The van der Waals surface area contributed by atoms with Crippen molar-refractivity contribution < 1.29 is 38.4 Å². The molecule has 4 aliphatic carbocycles. The van der Waals surface area contributed by atoms with Gasteiger partial charge in [-0.15, -0.1) is 0 Å². The largest absolute Gasteiger partial charge is 0.469 e. The van der Waals surface area contributed by atoms with E-state index in [1.54, 1.807) is 0 Å². The van der Waals surface area contributed by atoms with Crippen LogP contribution in [0.15, 0.2) is 0 Å². The highest BCUT2D eigenvalue weighted by Crippen LogP contribution is 2.77. The minimum absolute atomic E-state index is 0.0446.